The fraction of sp³-hybridized carbons (Fsp3) is 0.350. The van der Waals surface area contributed by atoms with Gasteiger partial charge in [0.1, 0.15) is 6.04 Å². The maximum Gasteiger partial charge on any atom is 0.321 e. The molecule has 2 rings (SSSR count). The highest BCUT2D eigenvalue weighted by molar-refractivity contribution is 5.73. The van der Waals surface area contributed by atoms with Gasteiger partial charge in [-0.1, -0.05) is 80.9 Å². The Hall–Kier alpha value is -2.13. The molecule has 1 N–H and O–H groups in total. The highest BCUT2D eigenvalue weighted by Crippen LogP contribution is 2.21. The topological polar surface area (TPSA) is 40.5 Å². The Morgan fingerprint density at radius 2 is 1.39 bits per heavy atom. The molecule has 0 unspecified atom stereocenters. The summed E-state index contributed by atoms with van der Waals surface area (Å²) < 4.78 is 0. The molecular formula is C20H25NO2. The third kappa shape index (κ3) is 4.93. The normalized spacial score (nSPS) is 13.7. The second-order valence-corrected chi connectivity index (χ2v) is 6.04. The molecule has 122 valence electrons. The van der Waals surface area contributed by atoms with Gasteiger partial charge in [-0.25, -0.2) is 0 Å². The van der Waals surface area contributed by atoms with Gasteiger partial charge in [0.25, 0.3) is 0 Å². The van der Waals surface area contributed by atoms with E-state index in [4.69, 9.17) is 0 Å². The van der Waals surface area contributed by atoms with Gasteiger partial charge in [-0.2, -0.15) is 0 Å². The van der Waals surface area contributed by atoms with Crippen LogP contribution in [0.15, 0.2) is 60.7 Å². The highest BCUT2D eigenvalue weighted by Gasteiger charge is 2.30. The minimum Gasteiger partial charge on any atom is -0.480 e. The number of hydrogen-bond donors (Lipinski definition) is 1. The maximum atomic E-state index is 11.9. The van der Waals surface area contributed by atoms with E-state index in [0.717, 1.165) is 17.5 Å². The van der Waals surface area contributed by atoms with Crippen LogP contribution in [0, 0.1) is 5.92 Å². The summed E-state index contributed by atoms with van der Waals surface area (Å²) in [7, 11) is 0. The smallest absolute Gasteiger partial charge is 0.321 e. The maximum absolute atomic E-state index is 11.9. The quantitative estimate of drug-likeness (QED) is 0.794. The molecule has 0 aliphatic carbocycles. The molecule has 0 amide bonds. The third-order valence-electron chi connectivity index (χ3n) is 4.29. The number of hydrogen-bond acceptors (Lipinski definition) is 2. The van der Waals surface area contributed by atoms with Crippen LogP contribution in [0.2, 0.25) is 0 Å². The number of carboxylic acids is 1. The van der Waals surface area contributed by atoms with E-state index in [1.54, 1.807) is 0 Å². The number of benzene rings is 2. The van der Waals surface area contributed by atoms with Crippen LogP contribution in [0.3, 0.4) is 0 Å². The highest BCUT2D eigenvalue weighted by atomic mass is 16.4. The molecule has 2 aromatic rings. The minimum absolute atomic E-state index is 0.0972. The summed E-state index contributed by atoms with van der Waals surface area (Å²) in [4.78, 5) is 14.0. The Labute approximate surface area is 138 Å². The SMILES string of the molecule is CC[C@H](C)[C@@H](C(=O)O)N(Cc1ccccc1)Cc1ccccc1. The second-order valence-electron chi connectivity index (χ2n) is 6.04. The first kappa shape index (κ1) is 17.2. The summed E-state index contributed by atoms with van der Waals surface area (Å²) in [5, 5.41) is 9.76. The predicted molar refractivity (Wildman–Crippen MR) is 93.0 cm³/mol. The molecule has 3 heteroatoms. The van der Waals surface area contributed by atoms with Crippen LogP contribution in [0.4, 0.5) is 0 Å². The van der Waals surface area contributed by atoms with Crippen molar-refractivity contribution < 1.29 is 9.90 Å². The van der Waals surface area contributed by atoms with Crippen molar-refractivity contribution in [3.05, 3.63) is 71.8 Å². The van der Waals surface area contributed by atoms with Crippen LogP contribution < -0.4 is 0 Å². The Bertz CT molecular complexity index is 556. The number of rotatable bonds is 8. The van der Waals surface area contributed by atoms with Crippen molar-refractivity contribution in [3.8, 4) is 0 Å². The predicted octanol–water partition coefficient (Wildman–Crippen LogP) is 4.19. The molecule has 0 aliphatic rings. The molecule has 0 aromatic heterocycles. The van der Waals surface area contributed by atoms with E-state index in [9.17, 15) is 9.90 Å². The Morgan fingerprint density at radius 3 is 1.74 bits per heavy atom. The summed E-state index contributed by atoms with van der Waals surface area (Å²) in [6.07, 6.45) is 0.844. The summed E-state index contributed by atoms with van der Waals surface area (Å²) in [6.45, 7) is 5.33. The van der Waals surface area contributed by atoms with Crippen LogP contribution in [0.5, 0.6) is 0 Å². The summed E-state index contributed by atoms with van der Waals surface area (Å²) in [5.41, 5.74) is 2.27. The largest absolute Gasteiger partial charge is 0.480 e. The molecule has 2 aromatic carbocycles. The average molecular weight is 311 g/mol. The Kier molecular flexibility index (Phi) is 6.36. The van der Waals surface area contributed by atoms with Crippen LogP contribution in [-0.2, 0) is 17.9 Å². The van der Waals surface area contributed by atoms with Gasteiger partial charge in [-0.15, -0.1) is 0 Å². The molecule has 0 fully saturated rings. The van der Waals surface area contributed by atoms with Crippen LogP contribution in [-0.4, -0.2) is 22.0 Å². The number of nitrogens with zero attached hydrogens (tertiary/aromatic N) is 1. The average Bonchev–Trinajstić information content (AvgIpc) is 2.56. The summed E-state index contributed by atoms with van der Waals surface area (Å²) in [6, 6.07) is 19.7. The second kappa shape index (κ2) is 8.49. The number of aliphatic carboxylic acids is 1. The molecule has 0 aliphatic heterocycles. The lowest BCUT2D eigenvalue weighted by molar-refractivity contribution is -0.146. The molecular weight excluding hydrogens is 286 g/mol. The lowest BCUT2D eigenvalue weighted by atomic mass is 9.96. The molecule has 0 radical (unpaired) electrons. The monoisotopic (exact) mass is 311 g/mol. The van der Waals surface area contributed by atoms with Gasteiger partial charge in [0.2, 0.25) is 0 Å². The van der Waals surface area contributed by atoms with E-state index >= 15 is 0 Å². The van der Waals surface area contributed by atoms with Crippen molar-refractivity contribution in [2.45, 2.75) is 39.4 Å². The number of carbonyl (C=O) groups is 1. The third-order valence-corrected chi connectivity index (χ3v) is 4.29. The van der Waals surface area contributed by atoms with E-state index in [2.05, 4.69) is 4.90 Å². The molecule has 0 saturated carbocycles. The van der Waals surface area contributed by atoms with Gasteiger partial charge < -0.3 is 5.11 Å². The van der Waals surface area contributed by atoms with Crippen molar-refractivity contribution >= 4 is 5.97 Å². The van der Waals surface area contributed by atoms with Crippen LogP contribution >= 0.6 is 0 Å². The van der Waals surface area contributed by atoms with Crippen molar-refractivity contribution in [1.82, 2.24) is 4.90 Å². The van der Waals surface area contributed by atoms with Crippen molar-refractivity contribution in [2.24, 2.45) is 5.92 Å². The first-order chi connectivity index (χ1) is 11.1. The molecule has 0 bridgehead atoms. The van der Waals surface area contributed by atoms with E-state index in [1.807, 2.05) is 74.5 Å². The van der Waals surface area contributed by atoms with Crippen molar-refractivity contribution in [3.63, 3.8) is 0 Å². The van der Waals surface area contributed by atoms with Gasteiger partial charge in [0.15, 0.2) is 0 Å². The van der Waals surface area contributed by atoms with E-state index < -0.39 is 12.0 Å². The Morgan fingerprint density at radius 1 is 0.957 bits per heavy atom. The molecule has 0 saturated heterocycles. The zero-order chi connectivity index (χ0) is 16.7. The van der Waals surface area contributed by atoms with Crippen LogP contribution in [0.25, 0.3) is 0 Å². The summed E-state index contributed by atoms with van der Waals surface area (Å²) >= 11 is 0. The van der Waals surface area contributed by atoms with Gasteiger partial charge >= 0.3 is 5.97 Å². The van der Waals surface area contributed by atoms with E-state index in [0.29, 0.717) is 13.1 Å². The zero-order valence-corrected chi connectivity index (χ0v) is 13.9. The van der Waals surface area contributed by atoms with Gasteiger partial charge in [0.05, 0.1) is 0 Å². The van der Waals surface area contributed by atoms with E-state index in [-0.39, 0.29) is 5.92 Å². The van der Waals surface area contributed by atoms with Crippen molar-refractivity contribution in [1.29, 1.82) is 0 Å². The lowest BCUT2D eigenvalue weighted by Crippen LogP contribution is -2.44. The van der Waals surface area contributed by atoms with Crippen LogP contribution in [0.1, 0.15) is 31.4 Å². The zero-order valence-electron chi connectivity index (χ0n) is 13.9. The fourth-order valence-electron chi connectivity index (χ4n) is 2.87. The van der Waals surface area contributed by atoms with Gasteiger partial charge in [-0.3, -0.25) is 9.69 Å². The van der Waals surface area contributed by atoms with Gasteiger partial charge in [-0.05, 0) is 17.0 Å². The summed E-state index contributed by atoms with van der Waals surface area (Å²) in [5.74, 6) is -0.647. The van der Waals surface area contributed by atoms with E-state index in [1.165, 1.54) is 0 Å². The molecule has 0 heterocycles. The molecule has 3 nitrogen and oxygen atoms in total. The molecule has 0 spiro atoms. The molecule has 23 heavy (non-hydrogen) atoms. The minimum atomic E-state index is -0.744. The van der Waals surface area contributed by atoms with Gasteiger partial charge in [0, 0.05) is 13.1 Å². The standard InChI is InChI=1S/C20H25NO2/c1-3-16(2)19(20(22)23)21(14-17-10-6-4-7-11-17)15-18-12-8-5-9-13-18/h4-13,16,19H,3,14-15H2,1-2H3,(H,22,23)/t16-,19-/m0/s1. The Balaban J connectivity index is 2.27. The first-order valence-corrected chi connectivity index (χ1v) is 8.16. The fourth-order valence-corrected chi connectivity index (χ4v) is 2.87. The number of carboxylic acid groups (broad SMARTS) is 1. The first-order valence-electron chi connectivity index (χ1n) is 8.16. The lowest BCUT2D eigenvalue weighted by Gasteiger charge is -2.32. The molecule has 2 atom stereocenters. The van der Waals surface area contributed by atoms with Crippen molar-refractivity contribution in [2.75, 3.05) is 0 Å².